The molecule has 17 heavy (non-hydrogen) atoms. The Bertz CT molecular complexity index is 438. The van der Waals surface area contributed by atoms with Crippen molar-refractivity contribution in [3.8, 4) is 0 Å². The molecule has 0 aliphatic rings. The zero-order chi connectivity index (χ0) is 12.8. The van der Waals surface area contributed by atoms with Gasteiger partial charge in [0, 0.05) is 18.4 Å². The quantitative estimate of drug-likeness (QED) is 0.655. The lowest BCUT2D eigenvalue weighted by Crippen LogP contribution is -1.94. The minimum Gasteiger partial charge on any atom is -0.398 e. The molecule has 0 bridgehead atoms. The number of thioether (sulfide) groups is 1. The molecule has 0 aliphatic carbocycles. The number of nitrogen functional groups attached to an aromatic ring is 1. The third-order valence-electron chi connectivity index (χ3n) is 2.45. The first-order chi connectivity index (χ1) is 8.00. The second kappa shape index (κ2) is 6.50. The number of hydrogen-bond donors (Lipinski definition) is 1. The van der Waals surface area contributed by atoms with Gasteiger partial charge in [0.2, 0.25) is 0 Å². The number of anilines is 1. The van der Waals surface area contributed by atoms with Crippen molar-refractivity contribution in [2.75, 3.05) is 11.5 Å². The first-order valence-electron chi connectivity index (χ1n) is 5.67. The van der Waals surface area contributed by atoms with E-state index in [9.17, 15) is 4.79 Å². The van der Waals surface area contributed by atoms with Gasteiger partial charge in [0.15, 0.2) is 5.12 Å². The van der Waals surface area contributed by atoms with Crippen molar-refractivity contribution in [1.29, 1.82) is 0 Å². The summed E-state index contributed by atoms with van der Waals surface area (Å²) in [6.07, 6.45) is 4.99. The molecule has 0 saturated carbocycles. The Labute approximate surface area is 107 Å². The molecule has 1 aromatic carbocycles. The van der Waals surface area contributed by atoms with Gasteiger partial charge in [-0.25, -0.2) is 0 Å². The van der Waals surface area contributed by atoms with Crippen LogP contribution in [0.15, 0.2) is 18.2 Å². The van der Waals surface area contributed by atoms with Gasteiger partial charge in [-0.3, -0.25) is 4.79 Å². The first kappa shape index (κ1) is 13.8. The maximum atomic E-state index is 10.7. The van der Waals surface area contributed by atoms with Crippen LogP contribution in [0.5, 0.6) is 0 Å². The fraction of sp³-hybridized carbons (Fsp3) is 0.357. The van der Waals surface area contributed by atoms with Crippen LogP contribution in [0.3, 0.4) is 0 Å². The van der Waals surface area contributed by atoms with E-state index in [0.717, 1.165) is 29.0 Å². The second-order valence-corrected chi connectivity index (χ2v) is 5.39. The SMILES string of the molecule is CC(=O)SCCC=Cc1cc(C)cc(C)c1N. The van der Waals surface area contributed by atoms with E-state index in [1.807, 2.05) is 13.0 Å². The van der Waals surface area contributed by atoms with Crippen LogP contribution in [-0.2, 0) is 4.79 Å². The van der Waals surface area contributed by atoms with Crippen LogP contribution in [-0.4, -0.2) is 10.9 Å². The van der Waals surface area contributed by atoms with E-state index in [4.69, 9.17) is 5.73 Å². The number of nitrogens with two attached hydrogens (primary N) is 1. The van der Waals surface area contributed by atoms with E-state index >= 15 is 0 Å². The highest BCUT2D eigenvalue weighted by Gasteiger charge is 2.00. The van der Waals surface area contributed by atoms with Gasteiger partial charge in [-0.2, -0.15) is 0 Å². The smallest absolute Gasteiger partial charge is 0.185 e. The van der Waals surface area contributed by atoms with Gasteiger partial charge in [0.1, 0.15) is 0 Å². The normalized spacial score (nSPS) is 11.0. The molecule has 0 aromatic heterocycles. The highest BCUT2D eigenvalue weighted by Crippen LogP contribution is 2.20. The standard InChI is InChI=1S/C14H19NOS/c1-10-8-11(2)14(15)13(9-10)6-4-5-7-17-12(3)16/h4,6,8-9H,5,7,15H2,1-3H3. The molecular weight excluding hydrogens is 230 g/mol. The molecule has 0 heterocycles. The number of benzene rings is 1. The Kier molecular flexibility index (Phi) is 5.29. The summed E-state index contributed by atoms with van der Waals surface area (Å²) in [4.78, 5) is 10.7. The molecule has 0 atom stereocenters. The van der Waals surface area contributed by atoms with E-state index in [1.165, 1.54) is 17.3 Å². The molecule has 3 heteroatoms. The Morgan fingerprint density at radius 2 is 2.12 bits per heavy atom. The Morgan fingerprint density at radius 3 is 2.76 bits per heavy atom. The van der Waals surface area contributed by atoms with Crippen molar-refractivity contribution in [3.05, 3.63) is 34.9 Å². The van der Waals surface area contributed by atoms with E-state index < -0.39 is 0 Å². The molecule has 0 spiro atoms. The molecule has 92 valence electrons. The van der Waals surface area contributed by atoms with Gasteiger partial charge in [-0.05, 0) is 37.5 Å². The molecule has 0 amide bonds. The topological polar surface area (TPSA) is 43.1 Å². The molecule has 0 unspecified atom stereocenters. The lowest BCUT2D eigenvalue weighted by molar-refractivity contribution is -0.109. The number of hydrogen-bond acceptors (Lipinski definition) is 3. The molecule has 0 radical (unpaired) electrons. The van der Waals surface area contributed by atoms with Crippen LogP contribution in [0.1, 0.15) is 30.0 Å². The summed E-state index contributed by atoms with van der Waals surface area (Å²) in [5, 5.41) is 0.171. The summed E-state index contributed by atoms with van der Waals surface area (Å²) in [5.41, 5.74) is 10.2. The van der Waals surface area contributed by atoms with Gasteiger partial charge in [-0.15, -0.1) is 0 Å². The average molecular weight is 249 g/mol. The minimum absolute atomic E-state index is 0.171. The van der Waals surface area contributed by atoms with Gasteiger partial charge >= 0.3 is 0 Å². The van der Waals surface area contributed by atoms with Gasteiger partial charge in [0.25, 0.3) is 0 Å². The first-order valence-corrected chi connectivity index (χ1v) is 6.66. The third kappa shape index (κ3) is 4.65. The van der Waals surface area contributed by atoms with Crippen molar-refractivity contribution in [2.24, 2.45) is 0 Å². The van der Waals surface area contributed by atoms with Crippen molar-refractivity contribution < 1.29 is 4.79 Å². The molecular formula is C14H19NOS. The highest BCUT2D eigenvalue weighted by molar-refractivity contribution is 8.13. The van der Waals surface area contributed by atoms with Gasteiger partial charge < -0.3 is 5.73 Å². The highest BCUT2D eigenvalue weighted by atomic mass is 32.2. The lowest BCUT2D eigenvalue weighted by Gasteiger charge is -2.06. The van der Waals surface area contributed by atoms with E-state index in [0.29, 0.717) is 0 Å². The summed E-state index contributed by atoms with van der Waals surface area (Å²) in [7, 11) is 0. The third-order valence-corrected chi connectivity index (χ3v) is 3.30. The molecule has 2 nitrogen and oxygen atoms in total. The fourth-order valence-corrected chi connectivity index (χ4v) is 2.17. The van der Waals surface area contributed by atoms with Gasteiger partial charge in [-0.1, -0.05) is 35.5 Å². The molecule has 1 aromatic rings. The largest absolute Gasteiger partial charge is 0.398 e. The van der Waals surface area contributed by atoms with Crippen molar-refractivity contribution in [2.45, 2.75) is 27.2 Å². The number of carbonyl (C=O) groups is 1. The Morgan fingerprint density at radius 1 is 1.41 bits per heavy atom. The van der Waals surface area contributed by atoms with E-state index in [-0.39, 0.29) is 5.12 Å². The summed E-state index contributed by atoms with van der Waals surface area (Å²) in [6, 6.07) is 4.16. The van der Waals surface area contributed by atoms with Crippen molar-refractivity contribution in [3.63, 3.8) is 0 Å². The maximum Gasteiger partial charge on any atom is 0.185 e. The fourth-order valence-electron chi connectivity index (χ4n) is 1.63. The maximum absolute atomic E-state index is 10.7. The van der Waals surface area contributed by atoms with Gasteiger partial charge in [0.05, 0.1) is 0 Å². The number of allylic oxidation sites excluding steroid dienone is 1. The van der Waals surface area contributed by atoms with Crippen molar-refractivity contribution in [1.82, 2.24) is 0 Å². The predicted molar refractivity (Wildman–Crippen MR) is 77.1 cm³/mol. The summed E-state index contributed by atoms with van der Waals surface area (Å²) < 4.78 is 0. The lowest BCUT2D eigenvalue weighted by atomic mass is 10.0. The Hall–Kier alpha value is -1.22. The van der Waals surface area contributed by atoms with Crippen LogP contribution in [0.4, 0.5) is 5.69 Å². The van der Waals surface area contributed by atoms with Crippen LogP contribution >= 0.6 is 11.8 Å². The second-order valence-electron chi connectivity index (χ2n) is 4.12. The summed E-state index contributed by atoms with van der Waals surface area (Å²) in [5.74, 6) is 0.830. The van der Waals surface area contributed by atoms with Crippen LogP contribution in [0, 0.1) is 13.8 Å². The number of rotatable bonds is 4. The molecule has 2 N–H and O–H groups in total. The number of aryl methyl sites for hydroxylation is 2. The Balaban J connectivity index is 2.62. The molecule has 1 rings (SSSR count). The average Bonchev–Trinajstić information content (AvgIpc) is 2.23. The summed E-state index contributed by atoms with van der Waals surface area (Å²) >= 11 is 1.36. The summed E-state index contributed by atoms with van der Waals surface area (Å²) in [6.45, 7) is 5.68. The monoisotopic (exact) mass is 249 g/mol. The van der Waals surface area contributed by atoms with Crippen LogP contribution < -0.4 is 5.73 Å². The molecule has 0 saturated heterocycles. The zero-order valence-electron chi connectivity index (χ0n) is 10.6. The molecule has 0 fully saturated rings. The zero-order valence-corrected chi connectivity index (χ0v) is 11.4. The predicted octanol–water partition coefficient (Wildman–Crippen LogP) is 3.57. The minimum atomic E-state index is 0.171. The van der Waals surface area contributed by atoms with Crippen molar-refractivity contribution >= 4 is 28.6 Å². The molecule has 0 aliphatic heterocycles. The number of carbonyl (C=O) groups excluding carboxylic acids is 1. The van der Waals surface area contributed by atoms with E-state index in [2.05, 4.69) is 25.1 Å². The van der Waals surface area contributed by atoms with Crippen LogP contribution in [0.25, 0.3) is 6.08 Å². The van der Waals surface area contributed by atoms with Crippen LogP contribution in [0.2, 0.25) is 0 Å². The van der Waals surface area contributed by atoms with E-state index in [1.54, 1.807) is 6.92 Å².